The second-order valence-electron chi connectivity index (χ2n) is 10.9. The van der Waals surface area contributed by atoms with Crippen LogP contribution in [0.3, 0.4) is 0 Å². The van der Waals surface area contributed by atoms with Crippen molar-refractivity contribution in [1.29, 1.82) is 0 Å². The minimum Gasteiger partial charge on any atom is -0.496 e. The van der Waals surface area contributed by atoms with Gasteiger partial charge in [-0.2, -0.15) is 0 Å². The fourth-order valence-electron chi connectivity index (χ4n) is 5.12. The number of thiophene rings is 1. The molecule has 3 aromatic heterocycles. The Morgan fingerprint density at radius 1 is 1.20 bits per heavy atom. The molecule has 220 valence electrons. The minimum atomic E-state index is -1.35. The van der Waals surface area contributed by atoms with Gasteiger partial charge in [0.2, 0.25) is 11.8 Å². The molecule has 0 unspecified atom stereocenters. The Hall–Kier alpha value is -3.70. The highest BCUT2D eigenvalue weighted by Gasteiger charge is 2.39. The zero-order valence-corrected chi connectivity index (χ0v) is 25.3. The molecular weight excluding hydrogens is 544 g/mol. The zero-order chi connectivity index (χ0) is 29.9. The third-order valence-electron chi connectivity index (χ3n) is 7.11. The van der Waals surface area contributed by atoms with Gasteiger partial charge in [-0.3, -0.25) is 14.2 Å². The third-order valence-corrected chi connectivity index (χ3v) is 8.41. The number of para-hydroxylation sites is 1. The molecule has 4 aromatic rings. The summed E-state index contributed by atoms with van der Waals surface area (Å²) < 4.78 is 13.8. The Kier molecular flexibility index (Phi) is 9.18. The number of nitrogens with zero attached hydrogens (tertiary/aromatic N) is 4. The van der Waals surface area contributed by atoms with Gasteiger partial charge in [-0.05, 0) is 71.1 Å². The average molecular weight is 583 g/mol. The second-order valence-corrected chi connectivity index (χ2v) is 11.9. The summed E-state index contributed by atoms with van der Waals surface area (Å²) in [5.74, 6) is 0.897. The predicted octanol–water partition coefficient (Wildman–Crippen LogP) is 4.18. The molecule has 1 fully saturated rings. The molecule has 0 bridgehead atoms. The van der Waals surface area contributed by atoms with E-state index in [4.69, 9.17) is 14.3 Å². The van der Waals surface area contributed by atoms with E-state index in [0.717, 1.165) is 28.7 Å². The molecule has 1 saturated heterocycles. The number of amides is 1. The van der Waals surface area contributed by atoms with Gasteiger partial charge in [0.15, 0.2) is 0 Å². The van der Waals surface area contributed by atoms with E-state index in [1.807, 2.05) is 31.2 Å². The van der Waals surface area contributed by atoms with Gasteiger partial charge in [-0.1, -0.05) is 18.2 Å². The number of carbonyl (C=O) groups is 1. The summed E-state index contributed by atoms with van der Waals surface area (Å²) in [5.41, 5.74) is -0.716. The highest BCUT2D eigenvalue weighted by molar-refractivity contribution is 7.22. The van der Waals surface area contributed by atoms with Gasteiger partial charge >= 0.3 is 5.69 Å². The van der Waals surface area contributed by atoms with Crippen molar-refractivity contribution in [2.45, 2.75) is 72.1 Å². The second kappa shape index (κ2) is 12.4. The molecule has 0 aliphatic carbocycles. The molecule has 0 spiro atoms. The monoisotopic (exact) mass is 582 g/mol. The van der Waals surface area contributed by atoms with E-state index in [-0.39, 0.29) is 12.0 Å². The molecule has 4 heterocycles. The first-order chi connectivity index (χ1) is 19.5. The summed E-state index contributed by atoms with van der Waals surface area (Å²) in [6, 6.07) is 7.65. The number of aromatic nitrogens is 3. The van der Waals surface area contributed by atoms with Crippen LogP contribution in [0.1, 0.15) is 51.7 Å². The highest BCUT2D eigenvalue weighted by atomic mass is 32.1. The van der Waals surface area contributed by atoms with Crippen LogP contribution in [-0.2, 0) is 23.3 Å². The minimum absolute atomic E-state index is 0.167. The summed E-state index contributed by atoms with van der Waals surface area (Å²) >= 11 is 1.30. The topological polar surface area (TPSA) is 120 Å². The summed E-state index contributed by atoms with van der Waals surface area (Å²) in [4.78, 5) is 48.8. The zero-order valence-electron chi connectivity index (χ0n) is 24.5. The third kappa shape index (κ3) is 6.01. The lowest BCUT2D eigenvalue weighted by Gasteiger charge is -2.31. The van der Waals surface area contributed by atoms with Crippen LogP contribution in [0.5, 0.6) is 5.75 Å². The SMILES string of the molecule is CC(C)O.COc1ccccc1CCn1c(=O)n(C(C)(C)C(=O)N2CCCC2)c(=O)c2c(C)c(-c3ncco3)sc21. The van der Waals surface area contributed by atoms with Crippen LogP contribution < -0.4 is 16.0 Å². The normalized spacial score (nSPS) is 13.5. The van der Waals surface area contributed by atoms with Crippen molar-refractivity contribution in [3.05, 3.63) is 68.7 Å². The maximum absolute atomic E-state index is 14.0. The number of methoxy groups -OCH3 is 1. The van der Waals surface area contributed by atoms with Crippen molar-refractivity contribution in [3.8, 4) is 16.5 Å². The van der Waals surface area contributed by atoms with Gasteiger partial charge in [-0.25, -0.2) is 14.3 Å². The van der Waals surface area contributed by atoms with Crippen molar-refractivity contribution in [1.82, 2.24) is 19.0 Å². The van der Waals surface area contributed by atoms with Crippen LogP contribution in [-0.4, -0.2) is 56.3 Å². The molecule has 41 heavy (non-hydrogen) atoms. The Balaban J connectivity index is 0.000000909. The Morgan fingerprint density at radius 3 is 2.46 bits per heavy atom. The highest BCUT2D eigenvalue weighted by Crippen LogP contribution is 2.36. The molecule has 5 rings (SSSR count). The number of rotatable bonds is 7. The van der Waals surface area contributed by atoms with Gasteiger partial charge in [0.25, 0.3) is 5.56 Å². The van der Waals surface area contributed by atoms with Crippen molar-refractivity contribution in [2.75, 3.05) is 20.2 Å². The predicted molar refractivity (Wildman–Crippen MR) is 160 cm³/mol. The van der Waals surface area contributed by atoms with Crippen molar-refractivity contribution >= 4 is 27.5 Å². The molecule has 1 aliphatic heterocycles. The van der Waals surface area contributed by atoms with E-state index in [9.17, 15) is 14.4 Å². The maximum Gasteiger partial charge on any atom is 0.333 e. The standard InChI is InChI=1S/C27H30N4O5S.C3H8O/c1-17-20-23(32)31(27(2,3)25(33)29-13-7-8-14-29)26(34)30(15-11-18-9-5-6-10-19(18)35-4)24(20)37-21(17)22-28-12-16-36-22;1-3(2)4/h5-6,9-10,12,16H,7-8,11,13-15H2,1-4H3;3-4H,1-2H3. The molecular formula is C30H38N4O6S. The average Bonchev–Trinajstić information content (AvgIpc) is 3.70. The van der Waals surface area contributed by atoms with Crippen LogP contribution in [0.2, 0.25) is 0 Å². The molecule has 0 saturated carbocycles. The molecule has 1 aromatic carbocycles. The largest absolute Gasteiger partial charge is 0.496 e. The van der Waals surface area contributed by atoms with E-state index in [2.05, 4.69) is 4.98 Å². The first-order valence-electron chi connectivity index (χ1n) is 13.8. The summed E-state index contributed by atoms with van der Waals surface area (Å²) in [5, 5.41) is 8.46. The number of aliphatic hydroxyl groups is 1. The number of aliphatic hydroxyl groups excluding tert-OH is 1. The number of ether oxygens (including phenoxy) is 1. The molecule has 10 nitrogen and oxygen atoms in total. The van der Waals surface area contributed by atoms with Crippen LogP contribution in [0.25, 0.3) is 21.0 Å². The van der Waals surface area contributed by atoms with Gasteiger partial charge < -0.3 is 19.2 Å². The number of aryl methyl sites for hydroxylation is 3. The van der Waals surface area contributed by atoms with Crippen LogP contribution in [0, 0.1) is 6.92 Å². The number of hydrogen-bond donors (Lipinski definition) is 1. The molecule has 1 N–H and O–H groups in total. The molecule has 1 amide bonds. The van der Waals surface area contributed by atoms with E-state index in [1.54, 1.807) is 50.5 Å². The number of likely N-dealkylation sites (tertiary alicyclic amines) is 1. The Bertz CT molecular complexity index is 1620. The quantitative estimate of drug-likeness (QED) is 0.347. The van der Waals surface area contributed by atoms with E-state index < -0.39 is 16.8 Å². The van der Waals surface area contributed by atoms with E-state index in [0.29, 0.717) is 52.6 Å². The fourth-order valence-corrected chi connectivity index (χ4v) is 6.38. The number of hydrogen-bond acceptors (Lipinski definition) is 8. The first kappa shape index (κ1) is 30.3. The van der Waals surface area contributed by atoms with E-state index >= 15 is 0 Å². The lowest BCUT2D eigenvalue weighted by atomic mass is 10.0. The molecule has 0 atom stereocenters. The maximum atomic E-state index is 14.0. The fraction of sp³-hybridized carbons (Fsp3) is 0.467. The summed E-state index contributed by atoms with van der Waals surface area (Å²) in [6.07, 6.45) is 5.20. The number of fused-ring (bicyclic) bond motifs is 1. The first-order valence-corrected chi connectivity index (χ1v) is 14.6. The summed E-state index contributed by atoms with van der Waals surface area (Å²) in [7, 11) is 1.61. The van der Waals surface area contributed by atoms with Gasteiger partial charge in [0.1, 0.15) is 22.4 Å². The van der Waals surface area contributed by atoms with Crippen molar-refractivity contribution in [3.63, 3.8) is 0 Å². The smallest absolute Gasteiger partial charge is 0.333 e. The van der Waals surface area contributed by atoms with Crippen molar-refractivity contribution in [2.24, 2.45) is 0 Å². The number of carbonyl (C=O) groups excluding carboxylic acids is 1. The molecule has 1 aliphatic rings. The van der Waals surface area contributed by atoms with E-state index in [1.165, 1.54) is 17.6 Å². The lowest BCUT2D eigenvalue weighted by molar-refractivity contribution is -0.138. The summed E-state index contributed by atoms with van der Waals surface area (Å²) in [6.45, 7) is 10.1. The number of oxazole rings is 1. The molecule has 11 heteroatoms. The van der Waals surface area contributed by atoms with Crippen molar-refractivity contribution < 1.29 is 19.1 Å². The van der Waals surface area contributed by atoms with Crippen LogP contribution in [0.15, 0.2) is 50.7 Å². The Labute approximate surface area is 242 Å². The van der Waals surface area contributed by atoms with Crippen LogP contribution in [0.4, 0.5) is 0 Å². The lowest BCUT2D eigenvalue weighted by Crippen LogP contribution is -2.56. The van der Waals surface area contributed by atoms with Crippen LogP contribution >= 0.6 is 11.3 Å². The molecule has 0 radical (unpaired) electrons. The van der Waals surface area contributed by atoms with Gasteiger partial charge in [-0.15, -0.1) is 11.3 Å². The number of benzene rings is 1. The Morgan fingerprint density at radius 2 is 1.85 bits per heavy atom. The van der Waals surface area contributed by atoms with Gasteiger partial charge in [0, 0.05) is 25.7 Å². The van der Waals surface area contributed by atoms with Gasteiger partial charge in [0.05, 0.1) is 23.6 Å².